The summed E-state index contributed by atoms with van der Waals surface area (Å²) in [6.45, 7) is -0.223. The van der Waals surface area contributed by atoms with E-state index in [4.69, 9.17) is 11.6 Å². The molecule has 3 aliphatic rings. The molecule has 3 atom stereocenters. The van der Waals surface area contributed by atoms with Crippen LogP contribution in [0.5, 0.6) is 0 Å². The Morgan fingerprint density at radius 1 is 1.00 bits per heavy atom. The van der Waals surface area contributed by atoms with E-state index in [9.17, 15) is 32.7 Å². The van der Waals surface area contributed by atoms with Crippen molar-refractivity contribution in [2.24, 2.45) is 16.8 Å². The number of hydrogen-bond donors (Lipinski definition) is 2. The van der Waals surface area contributed by atoms with Crippen LogP contribution in [0.4, 0.5) is 19.0 Å². The molecular weight excluding hydrogens is 563 g/mol. The fourth-order valence-corrected chi connectivity index (χ4v) is 5.65. The highest BCUT2D eigenvalue weighted by Gasteiger charge is 2.59. The van der Waals surface area contributed by atoms with Gasteiger partial charge in [-0.1, -0.05) is 41.9 Å². The number of aliphatic imine (C=N–C) groups is 1. The molecule has 0 radical (unpaired) electrons. The van der Waals surface area contributed by atoms with Crippen LogP contribution in [0.3, 0.4) is 0 Å². The molecule has 2 aromatic heterocycles. The van der Waals surface area contributed by atoms with Gasteiger partial charge in [-0.15, -0.1) is 0 Å². The van der Waals surface area contributed by atoms with Crippen molar-refractivity contribution in [1.29, 1.82) is 0 Å². The third-order valence-electron chi connectivity index (χ3n) is 7.29. The molecule has 3 aromatic rings. The maximum absolute atomic E-state index is 13.7. The van der Waals surface area contributed by atoms with Crippen molar-refractivity contribution in [2.75, 3.05) is 18.4 Å². The molecule has 6 rings (SSSR count). The van der Waals surface area contributed by atoms with E-state index in [-0.39, 0.29) is 46.5 Å². The number of halogens is 4. The largest absolute Gasteiger partial charge is 0.506 e. The first-order chi connectivity index (χ1) is 19.6. The number of hydrogen-bond acceptors (Lipinski definition) is 8. The van der Waals surface area contributed by atoms with Crippen LogP contribution in [0.15, 0.2) is 71.5 Å². The van der Waals surface area contributed by atoms with Gasteiger partial charge in [0.25, 0.3) is 0 Å². The highest BCUT2D eigenvalue weighted by atomic mass is 35.5. The molecule has 3 unspecified atom stereocenters. The van der Waals surface area contributed by atoms with Gasteiger partial charge in [0, 0.05) is 36.6 Å². The minimum Gasteiger partial charge on any atom is -0.506 e. The van der Waals surface area contributed by atoms with Crippen LogP contribution in [0.1, 0.15) is 33.2 Å². The molecule has 1 fully saturated rings. The van der Waals surface area contributed by atoms with Crippen LogP contribution in [-0.2, 0) is 15.8 Å². The van der Waals surface area contributed by atoms with Gasteiger partial charge in [0.2, 0.25) is 11.8 Å². The normalized spacial score (nSPS) is 21.9. The quantitative estimate of drug-likeness (QED) is 0.410. The number of ketones is 1. The van der Waals surface area contributed by atoms with E-state index in [0.29, 0.717) is 17.5 Å². The molecule has 2 aliphatic heterocycles. The monoisotopic (exact) mass is 581 g/mol. The minimum atomic E-state index is -4.61. The Bertz CT molecular complexity index is 1670. The summed E-state index contributed by atoms with van der Waals surface area (Å²) in [5.74, 6) is -4.17. The highest BCUT2D eigenvalue weighted by molar-refractivity contribution is 6.40. The molecule has 9 nitrogen and oxygen atoms in total. The third-order valence-corrected chi connectivity index (χ3v) is 7.58. The van der Waals surface area contributed by atoms with Gasteiger partial charge >= 0.3 is 6.18 Å². The van der Waals surface area contributed by atoms with Gasteiger partial charge in [0.1, 0.15) is 17.6 Å². The van der Waals surface area contributed by atoms with E-state index in [0.717, 1.165) is 11.0 Å². The standard InChI is InChI=1S/C28H19ClF3N5O4/c29-16-11-13(28(30,31)32)12-35-25(16)34-9-10-37-26(40)18-19(27(37)41)22(36-21(18)17-7-3-4-8-33-17)20-23(38)14-5-1-2-6-15(14)24(20)39/h1-8,11-12,18-19,21,38H,9-10H2,(H,34,35). The molecule has 0 bridgehead atoms. The zero-order valence-electron chi connectivity index (χ0n) is 20.9. The molecule has 13 heteroatoms. The highest BCUT2D eigenvalue weighted by Crippen LogP contribution is 2.48. The summed E-state index contributed by atoms with van der Waals surface area (Å²) in [5.41, 5.74) is -0.125. The average molecular weight is 582 g/mol. The fourth-order valence-electron chi connectivity index (χ4n) is 5.42. The number of pyridine rings is 2. The van der Waals surface area contributed by atoms with E-state index in [1.165, 1.54) is 6.20 Å². The lowest BCUT2D eigenvalue weighted by molar-refractivity contribution is -0.140. The van der Waals surface area contributed by atoms with Gasteiger partial charge in [-0.2, -0.15) is 13.2 Å². The first-order valence-electron chi connectivity index (χ1n) is 12.5. The molecule has 1 aromatic carbocycles. The van der Waals surface area contributed by atoms with Crippen molar-refractivity contribution >= 4 is 46.5 Å². The van der Waals surface area contributed by atoms with Gasteiger partial charge in [0.05, 0.1) is 39.4 Å². The van der Waals surface area contributed by atoms with Crippen LogP contribution in [0.25, 0.3) is 5.76 Å². The van der Waals surface area contributed by atoms with Gasteiger partial charge in [-0.05, 0) is 18.2 Å². The van der Waals surface area contributed by atoms with Gasteiger partial charge in [-0.25, -0.2) is 4.98 Å². The molecular formula is C28H19ClF3N5O4. The van der Waals surface area contributed by atoms with Gasteiger partial charge < -0.3 is 10.4 Å². The van der Waals surface area contributed by atoms with E-state index >= 15 is 0 Å². The number of rotatable bonds is 6. The first kappa shape index (κ1) is 26.6. The topological polar surface area (TPSA) is 125 Å². The number of carbonyl (C=O) groups excluding carboxylic acids is 3. The SMILES string of the molecule is O=C1C(C2=NC(c3ccccn3)C3C(=O)N(CCNc4ncc(C(F)(F)F)cc4Cl)C(=O)C23)=C(O)c2ccccc21. The van der Waals surface area contributed by atoms with Crippen LogP contribution >= 0.6 is 11.6 Å². The van der Waals surface area contributed by atoms with Crippen molar-refractivity contribution < 1.29 is 32.7 Å². The molecule has 208 valence electrons. The number of anilines is 1. The third kappa shape index (κ3) is 4.34. The lowest BCUT2D eigenvalue weighted by atomic mass is 9.84. The van der Waals surface area contributed by atoms with Crippen molar-refractivity contribution in [3.05, 3.63) is 93.9 Å². The minimum absolute atomic E-state index is 0.0191. The van der Waals surface area contributed by atoms with Gasteiger partial charge in [0.15, 0.2) is 5.78 Å². The lowest BCUT2D eigenvalue weighted by Crippen LogP contribution is -2.37. The zero-order chi connectivity index (χ0) is 29.1. The maximum Gasteiger partial charge on any atom is 0.417 e. The number of aliphatic hydroxyl groups is 1. The number of carbonyl (C=O) groups is 3. The van der Waals surface area contributed by atoms with Crippen LogP contribution in [0, 0.1) is 11.8 Å². The second kappa shape index (κ2) is 9.81. The number of alkyl halides is 3. The molecule has 4 heterocycles. The number of aliphatic hydroxyl groups excluding tert-OH is 1. The number of amides is 2. The number of Topliss-reactive ketones (excluding diaryl/α,β-unsaturated/α-hetero) is 1. The summed E-state index contributed by atoms with van der Waals surface area (Å²) < 4.78 is 38.8. The number of likely N-dealkylation sites (tertiary alicyclic amines) is 1. The van der Waals surface area contributed by atoms with Crippen LogP contribution in [0.2, 0.25) is 5.02 Å². The van der Waals surface area contributed by atoms with Gasteiger partial charge in [-0.3, -0.25) is 29.3 Å². The molecule has 0 saturated carbocycles. The summed E-state index contributed by atoms with van der Waals surface area (Å²) in [5, 5.41) is 13.5. The summed E-state index contributed by atoms with van der Waals surface area (Å²) in [6.07, 6.45) is -2.46. The Kier molecular flexibility index (Phi) is 6.37. The van der Waals surface area contributed by atoms with Crippen molar-refractivity contribution in [1.82, 2.24) is 14.9 Å². The van der Waals surface area contributed by atoms with Crippen LogP contribution in [-0.4, -0.2) is 56.4 Å². The zero-order valence-corrected chi connectivity index (χ0v) is 21.6. The molecule has 1 saturated heterocycles. The number of benzene rings is 1. The Hall–Kier alpha value is -4.58. The molecule has 1 aliphatic carbocycles. The van der Waals surface area contributed by atoms with E-state index in [1.54, 1.807) is 42.5 Å². The molecule has 41 heavy (non-hydrogen) atoms. The molecule has 2 N–H and O–H groups in total. The Morgan fingerprint density at radius 3 is 2.39 bits per heavy atom. The van der Waals surface area contributed by atoms with E-state index < -0.39 is 47.2 Å². The van der Waals surface area contributed by atoms with Crippen LogP contribution < -0.4 is 5.32 Å². The number of fused-ring (bicyclic) bond motifs is 2. The summed E-state index contributed by atoms with van der Waals surface area (Å²) in [7, 11) is 0. The van der Waals surface area contributed by atoms with Crippen molar-refractivity contribution in [3.8, 4) is 0 Å². The Balaban J connectivity index is 1.29. The second-order valence-electron chi connectivity index (χ2n) is 9.62. The Morgan fingerprint density at radius 2 is 1.73 bits per heavy atom. The second-order valence-corrected chi connectivity index (χ2v) is 10.0. The number of nitrogens with zero attached hydrogens (tertiary/aromatic N) is 4. The smallest absolute Gasteiger partial charge is 0.417 e. The number of nitrogens with one attached hydrogen (secondary N) is 1. The number of allylic oxidation sites excluding steroid dienone is 1. The summed E-state index contributed by atoms with van der Waals surface area (Å²) >= 11 is 5.95. The molecule has 2 amide bonds. The maximum atomic E-state index is 13.7. The lowest BCUT2D eigenvalue weighted by Gasteiger charge is -2.18. The van der Waals surface area contributed by atoms with E-state index in [2.05, 4.69) is 20.3 Å². The predicted octanol–water partition coefficient (Wildman–Crippen LogP) is 4.52. The first-order valence-corrected chi connectivity index (χ1v) is 12.8. The Labute approximate surface area is 235 Å². The van der Waals surface area contributed by atoms with Crippen molar-refractivity contribution in [3.63, 3.8) is 0 Å². The average Bonchev–Trinajstić information content (AvgIpc) is 3.54. The predicted molar refractivity (Wildman–Crippen MR) is 141 cm³/mol. The number of aromatic nitrogens is 2. The summed E-state index contributed by atoms with van der Waals surface area (Å²) in [4.78, 5) is 54.3. The number of imide groups is 1. The van der Waals surface area contributed by atoms with E-state index in [1.807, 2.05) is 0 Å². The van der Waals surface area contributed by atoms with Crippen molar-refractivity contribution in [2.45, 2.75) is 12.2 Å². The fraction of sp³-hybridized carbons (Fsp3) is 0.214. The molecule has 0 spiro atoms. The summed E-state index contributed by atoms with van der Waals surface area (Å²) in [6, 6.07) is 11.4.